The van der Waals surface area contributed by atoms with Crippen LogP contribution in [0.5, 0.6) is 0 Å². The number of aromatic nitrogens is 1. The Bertz CT molecular complexity index is 693. The van der Waals surface area contributed by atoms with Crippen molar-refractivity contribution >= 4 is 21.6 Å². The van der Waals surface area contributed by atoms with E-state index >= 15 is 0 Å². The number of fused-ring (bicyclic) bond motifs is 1. The Morgan fingerprint density at radius 2 is 2.06 bits per heavy atom. The molecule has 1 atom stereocenters. The number of nitrogens with two attached hydrogens (primary N) is 1. The number of nitrogens with zero attached hydrogens (tertiary/aromatic N) is 1. The average Bonchev–Trinajstić information content (AvgIpc) is 2.85. The van der Waals surface area contributed by atoms with Crippen LogP contribution in [0.2, 0.25) is 0 Å². The van der Waals surface area contributed by atoms with Crippen molar-refractivity contribution in [3.8, 4) is 0 Å². The van der Waals surface area contributed by atoms with Gasteiger partial charge in [0.05, 0.1) is 16.3 Å². The van der Waals surface area contributed by atoms with Gasteiger partial charge in [0, 0.05) is 6.20 Å². The highest BCUT2D eigenvalue weighted by molar-refractivity contribution is 7.17. The van der Waals surface area contributed by atoms with Crippen LogP contribution in [0.4, 0.5) is 4.39 Å². The predicted molar refractivity (Wildman–Crippen MR) is 72.1 cm³/mol. The third-order valence-corrected chi connectivity index (χ3v) is 3.74. The van der Waals surface area contributed by atoms with E-state index in [4.69, 9.17) is 5.73 Å². The highest BCUT2D eigenvalue weighted by Crippen LogP contribution is 2.25. The first-order valence-electron chi connectivity index (χ1n) is 5.58. The zero-order valence-electron chi connectivity index (χ0n) is 9.51. The molecule has 3 rings (SSSR count). The van der Waals surface area contributed by atoms with Crippen LogP contribution in [0.1, 0.15) is 17.2 Å². The van der Waals surface area contributed by atoms with E-state index in [1.165, 1.54) is 12.1 Å². The van der Waals surface area contributed by atoms with E-state index in [-0.39, 0.29) is 11.9 Å². The van der Waals surface area contributed by atoms with Gasteiger partial charge in [-0.3, -0.25) is 4.98 Å². The molecular weight excluding hydrogens is 247 g/mol. The maximum atomic E-state index is 13.2. The van der Waals surface area contributed by atoms with Crippen LogP contribution in [0.25, 0.3) is 10.2 Å². The summed E-state index contributed by atoms with van der Waals surface area (Å²) in [5.74, 6) is -0.270. The quantitative estimate of drug-likeness (QED) is 0.764. The molecule has 0 saturated heterocycles. The fourth-order valence-electron chi connectivity index (χ4n) is 1.92. The SMILES string of the molecule is NC(c1cccc(F)c1)c1cnc2ccsc2c1. The monoisotopic (exact) mass is 258 g/mol. The van der Waals surface area contributed by atoms with Gasteiger partial charge in [-0.2, -0.15) is 0 Å². The first-order chi connectivity index (χ1) is 8.74. The van der Waals surface area contributed by atoms with Crippen LogP contribution in [0, 0.1) is 5.82 Å². The van der Waals surface area contributed by atoms with E-state index in [1.54, 1.807) is 23.6 Å². The molecule has 1 unspecified atom stereocenters. The molecule has 2 N–H and O–H groups in total. The summed E-state index contributed by atoms with van der Waals surface area (Å²) in [5, 5.41) is 2.00. The summed E-state index contributed by atoms with van der Waals surface area (Å²) in [7, 11) is 0. The zero-order chi connectivity index (χ0) is 12.5. The molecule has 2 nitrogen and oxygen atoms in total. The maximum Gasteiger partial charge on any atom is 0.123 e. The second kappa shape index (κ2) is 4.48. The Morgan fingerprint density at radius 1 is 1.17 bits per heavy atom. The Kier molecular flexibility index (Phi) is 2.81. The number of halogens is 1. The summed E-state index contributed by atoms with van der Waals surface area (Å²) < 4.78 is 14.3. The molecule has 0 radical (unpaired) electrons. The molecule has 2 heterocycles. The summed E-state index contributed by atoms with van der Waals surface area (Å²) in [6.07, 6.45) is 1.75. The van der Waals surface area contributed by atoms with E-state index in [0.717, 1.165) is 21.3 Å². The topological polar surface area (TPSA) is 38.9 Å². The van der Waals surface area contributed by atoms with Gasteiger partial charge in [-0.05, 0) is 40.8 Å². The zero-order valence-corrected chi connectivity index (χ0v) is 10.3. The third-order valence-electron chi connectivity index (χ3n) is 2.89. The second-order valence-electron chi connectivity index (χ2n) is 4.11. The molecule has 2 aromatic heterocycles. The molecule has 18 heavy (non-hydrogen) atoms. The first-order valence-corrected chi connectivity index (χ1v) is 6.46. The minimum absolute atomic E-state index is 0.270. The lowest BCUT2D eigenvalue weighted by atomic mass is 10.0. The Labute approximate surface area is 108 Å². The van der Waals surface area contributed by atoms with Crippen molar-refractivity contribution < 1.29 is 4.39 Å². The summed E-state index contributed by atoms with van der Waals surface area (Å²) in [5.41, 5.74) is 8.77. The number of thiophene rings is 1. The molecule has 90 valence electrons. The van der Waals surface area contributed by atoms with Gasteiger partial charge in [-0.15, -0.1) is 11.3 Å². The van der Waals surface area contributed by atoms with Crippen molar-refractivity contribution in [1.82, 2.24) is 4.98 Å². The summed E-state index contributed by atoms with van der Waals surface area (Å²) >= 11 is 1.63. The largest absolute Gasteiger partial charge is 0.320 e. The standard InChI is InChI=1S/C14H11FN2S/c15-11-3-1-2-9(6-11)14(16)10-7-13-12(17-8-10)4-5-18-13/h1-8,14H,16H2. The van der Waals surface area contributed by atoms with Gasteiger partial charge in [0.1, 0.15) is 5.82 Å². The van der Waals surface area contributed by atoms with Crippen LogP contribution in [0.15, 0.2) is 48.0 Å². The van der Waals surface area contributed by atoms with Gasteiger partial charge in [0.15, 0.2) is 0 Å². The van der Waals surface area contributed by atoms with Crippen molar-refractivity contribution in [2.24, 2.45) is 5.73 Å². The Morgan fingerprint density at radius 3 is 2.89 bits per heavy atom. The van der Waals surface area contributed by atoms with Crippen molar-refractivity contribution in [1.29, 1.82) is 0 Å². The normalized spacial score (nSPS) is 12.8. The fourth-order valence-corrected chi connectivity index (χ4v) is 2.71. The lowest BCUT2D eigenvalue weighted by molar-refractivity contribution is 0.623. The number of benzene rings is 1. The minimum atomic E-state index is -0.348. The highest BCUT2D eigenvalue weighted by atomic mass is 32.1. The molecule has 3 aromatic rings. The molecular formula is C14H11FN2S. The number of hydrogen-bond donors (Lipinski definition) is 1. The molecule has 0 spiro atoms. The lowest BCUT2D eigenvalue weighted by Crippen LogP contribution is -2.12. The average molecular weight is 258 g/mol. The van der Waals surface area contributed by atoms with Crippen LogP contribution < -0.4 is 5.73 Å². The summed E-state index contributed by atoms with van der Waals surface area (Å²) in [4.78, 5) is 4.35. The number of hydrogen-bond acceptors (Lipinski definition) is 3. The van der Waals surface area contributed by atoms with Gasteiger partial charge in [0.2, 0.25) is 0 Å². The van der Waals surface area contributed by atoms with Crippen molar-refractivity contribution in [3.63, 3.8) is 0 Å². The highest BCUT2D eigenvalue weighted by Gasteiger charge is 2.11. The van der Waals surface area contributed by atoms with Crippen molar-refractivity contribution in [2.45, 2.75) is 6.04 Å². The van der Waals surface area contributed by atoms with E-state index in [9.17, 15) is 4.39 Å². The first kappa shape index (κ1) is 11.3. The molecule has 4 heteroatoms. The molecule has 0 fully saturated rings. The van der Waals surface area contributed by atoms with Crippen LogP contribution in [-0.2, 0) is 0 Å². The third kappa shape index (κ3) is 2.00. The van der Waals surface area contributed by atoms with E-state index in [1.807, 2.05) is 23.6 Å². The second-order valence-corrected chi connectivity index (χ2v) is 5.05. The molecule has 0 aliphatic rings. The molecule has 0 aliphatic heterocycles. The Balaban J connectivity index is 2.02. The van der Waals surface area contributed by atoms with Gasteiger partial charge < -0.3 is 5.73 Å². The van der Waals surface area contributed by atoms with Crippen molar-refractivity contribution in [2.75, 3.05) is 0 Å². The Hall–Kier alpha value is -1.78. The number of pyridine rings is 1. The van der Waals surface area contributed by atoms with Crippen molar-refractivity contribution in [3.05, 3.63) is 64.9 Å². The predicted octanol–water partition coefficient (Wildman–Crippen LogP) is 3.48. The minimum Gasteiger partial charge on any atom is -0.320 e. The molecule has 0 saturated carbocycles. The van der Waals surface area contributed by atoms with Gasteiger partial charge in [-0.1, -0.05) is 12.1 Å². The van der Waals surface area contributed by atoms with Crippen LogP contribution >= 0.6 is 11.3 Å². The van der Waals surface area contributed by atoms with E-state index in [0.29, 0.717) is 0 Å². The van der Waals surface area contributed by atoms with Gasteiger partial charge in [-0.25, -0.2) is 4.39 Å². The maximum absolute atomic E-state index is 13.2. The lowest BCUT2D eigenvalue weighted by Gasteiger charge is -2.12. The summed E-state index contributed by atoms with van der Waals surface area (Å²) in [6.45, 7) is 0. The summed E-state index contributed by atoms with van der Waals surface area (Å²) in [6, 6.07) is 10.0. The molecule has 0 amide bonds. The van der Waals surface area contributed by atoms with Crippen LogP contribution in [0.3, 0.4) is 0 Å². The van der Waals surface area contributed by atoms with Gasteiger partial charge in [0.25, 0.3) is 0 Å². The van der Waals surface area contributed by atoms with Crippen LogP contribution in [-0.4, -0.2) is 4.98 Å². The number of rotatable bonds is 2. The molecule has 0 bridgehead atoms. The van der Waals surface area contributed by atoms with E-state index < -0.39 is 0 Å². The smallest absolute Gasteiger partial charge is 0.123 e. The molecule has 0 aliphatic carbocycles. The van der Waals surface area contributed by atoms with Gasteiger partial charge >= 0.3 is 0 Å². The molecule has 1 aromatic carbocycles. The van der Waals surface area contributed by atoms with E-state index in [2.05, 4.69) is 4.98 Å². The fraction of sp³-hybridized carbons (Fsp3) is 0.0714.